The van der Waals surface area contributed by atoms with Crippen molar-refractivity contribution < 1.29 is 4.39 Å². The van der Waals surface area contributed by atoms with Crippen molar-refractivity contribution in [2.45, 2.75) is 39.5 Å². The molecular formula is C15H25FN4. The first kappa shape index (κ1) is 15.2. The molecule has 0 radical (unpaired) electrons. The molecular weight excluding hydrogens is 255 g/mol. The highest BCUT2D eigenvalue weighted by molar-refractivity contribution is 5.41. The molecule has 0 saturated carbocycles. The average molecular weight is 280 g/mol. The highest BCUT2D eigenvalue weighted by Crippen LogP contribution is 2.24. The molecule has 20 heavy (non-hydrogen) atoms. The topological polar surface area (TPSA) is 41.0 Å². The molecule has 0 spiro atoms. The van der Waals surface area contributed by atoms with Crippen molar-refractivity contribution in [3.8, 4) is 0 Å². The molecule has 1 fully saturated rings. The number of rotatable bonds is 6. The zero-order valence-corrected chi connectivity index (χ0v) is 12.5. The summed E-state index contributed by atoms with van der Waals surface area (Å²) in [6.45, 7) is 8.03. The van der Waals surface area contributed by atoms with Crippen LogP contribution in [0.2, 0.25) is 0 Å². The van der Waals surface area contributed by atoms with E-state index in [4.69, 9.17) is 0 Å². The Balaban J connectivity index is 1.90. The quantitative estimate of drug-likeness (QED) is 0.812. The van der Waals surface area contributed by atoms with Gasteiger partial charge in [0.2, 0.25) is 0 Å². The van der Waals surface area contributed by atoms with Gasteiger partial charge in [0.25, 0.3) is 0 Å². The van der Waals surface area contributed by atoms with Crippen molar-refractivity contribution in [1.29, 1.82) is 0 Å². The minimum atomic E-state index is -0.238. The molecule has 0 bridgehead atoms. The molecule has 1 aliphatic rings. The van der Waals surface area contributed by atoms with E-state index in [1.54, 1.807) is 0 Å². The van der Waals surface area contributed by atoms with Crippen LogP contribution in [0.25, 0.3) is 0 Å². The van der Waals surface area contributed by atoms with Crippen LogP contribution in [0.4, 0.5) is 10.2 Å². The number of hydrogen-bond acceptors (Lipinski definition) is 4. The van der Waals surface area contributed by atoms with Gasteiger partial charge in [0.15, 0.2) is 11.6 Å². The van der Waals surface area contributed by atoms with Crippen LogP contribution in [0.3, 0.4) is 0 Å². The lowest BCUT2D eigenvalue weighted by Crippen LogP contribution is -2.38. The zero-order chi connectivity index (χ0) is 14.4. The van der Waals surface area contributed by atoms with Crippen LogP contribution in [0.15, 0.2) is 6.33 Å². The normalized spacial score (nSPS) is 16.6. The number of piperidine rings is 1. The Morgan fingerprint density at radius 1 is 1.30 bits per heavy atom. The van der Waals surface area contributed by atoms with Gasteiger partial charge in [-0.05, 0) is 44.7 Å². The van der Waals surface area contributed by atoms with E-state index in [1.807, 2.05) is 6.92 Å². The maximum Gasteiger partial charge on any atom is 0.187 e. The second-order valence-corrected chi connectivity index (χ2v) is 5.45. The van der Waals surface area contributed by atoms with Crippen LogP contribution in [0.5, 0.6) is 0 Å². The van der Waals surface area contributed by atoms with Gasteiger partial charge in [0, 0.05) is 13.1 Å². The molecule has 2 heterocycles. The third-order valence-corrected chi connectivity index (χ3v) is 3.95. The molecule has 0 unspecified atom stereocenters. The molecule has 112 valence electrons. The van der Waals surface area contributed by atoms with Crippen LogP contribution in [0.1, 0.15) is 38.8 Å². The Hall–Kier alpha value is -1.23. The number of nitrogens with one attached hydrogen (secondary N) is 1. The largest absolute Gasteiger partial charge is 0.354 e. The van der Waals surface area contributed by atoms with E-state index < -0.39 is 0 Å². The number of nitrogens with zero attached hydrogens (tertiary/aromatic N) is 3. The van der Waals surface area contributed by atoms with E-state index >= 15 is 0 Å². The highest BCUT2D eigenvalue weighted by Gasteiger charge is 2.23. The van der Waals surface area contributed by atoms with Gasteiger partial charge in [0.1, 0.15) is 6.33 Å². The lowest BCUT2D eigenvalue weighted by Gasteiger charge is -2.33. The average Bonchev–Trinajstić information content (AvgIpc) is 2.49. The van der Waals surface area contributed by atoms with Crippen LogP contribution in [-0.4, -0.2) is 36.1 Å². The van der Waals surface area contributed by atoms with Crippen molar-refractivity contribution >= 4 is 5.82 Å². The third-order valence-electron chi connectivity index (χ3n) is 3.95. The predicted molar refractivity (Wildman–Crippen MR) is 79.5 cm³/mol. The number of aromatic nitrogens is 2. The molecule has 0 aliphatic carbocycles. The molecule has 1 aromatic rings. The number of hydrogen-bond donors (Lipinski definition) is 1. The molecule has 0 aromatic carbocycles. The van der Waals surface area contributed by atoms with E-state index in [0.29, 0.717) is 23.9 Å². The fraction of sp³-hybridized carbons (Fsp3) is 0.733. The first-order chi connectivity index (χ1) is 9.76. The van der Waals surface area contributed by atoms with Crippen molar-refractivity contribution in [2.24, 2.45) is 5.92 Å². The summed E-state index contributed by atoms with van der Waals surface area (Å²) in [6.07, 6.45) is 5.46. The zero-order valence-electron chi connectivity index (χ0n) is 12.5. The maximum absolute atomic E-state index is 14.2. The fourth-order valence-corrected chi connectivity index (χ4v) is 2.69. The lowest BCUT2D eigenvalue weighted by atomic mass is 9.96. The summed E-state index contributed by atoms with van der Waals surface area (Å²) in [6, 6.07) is 0. The Morgan fingerprint density at radius 3 is 2.70 bits per heavy atom. The Bertz CT molecular complexity index is 416. The fourth-order valence-electron chi connectivity index (χ4n) is 2.69. The highest BCUT2D eigenvalue weighted by atomic mass is 19.1. The van der Waals surface area contributed by atoms with Crippen LogP contribution < -0.4 is 10.2 Å². The van der Waals surface area contributed by atoms with E-state index in [1.165, 1.54) is 12.7 Å². The minimum absolute atomic E-state index is 0.238. The molecule has 0 amide bonds. The summed E-state index contributed by atoms with van der Waals surface area (Å²) in [4.78, 5) is 10.2. The summed E-state index contributed by atoms with van der Waals surface area (Å²) >= 11 is 0. The van der Waals surface area contributed by atoms with Gasteiger partial charge in [-0.1, -0.05) is 13.8 Å². The third kappa shape index (κ3) is 3.66. The Morgan fingerprint density at radius 2 is 2.05 bits per heavy atom. The van der Waals surface area contributed by atoms with Crippen molar-refractivity contribution in [1.82, 2.24) is 15.3 Å². The van der Waals surface area contributed by atoms with Gasteiger partial charge < -0.3 is 10.2 Å². The van der Waals surface area contributed by atoms with Gasteiger partial charge in [-0.15, -0.1) is 0 Å². The molecule has 1 aliphatic heterocycles. The van der Waals surface area contributed by atoms with Crippen LogP contribution >= 0.6 is 0 Å². The summed E-state index contributed by atoms with van der Waals surface area (Å²) in [5.41, 5.74) is 0.515. The maximum atomic E-state index is 14.2. The van der Waals surface area contributed by atoms with Crippen molar-refractivity contribution in [2.75, 3.05) is 31.1 Å². The second kappa shape index (κ2) is 7.53. The summed E-state index contributed by atoms with van der Waals surface area (Å²) in [7, 11) is 0. The first-order valence-corrected chi connectivity index (χ1v) is 7.71. The number of halogens is 1. The lowest BCUT2D eigenvalue weighted by molar-refractivity contribution is 0.379. The summed E-state index contributed by atoms with van der Waals surface area (Å²) < 4.78 is 14.2. The van der Waals surface area contributed by atoms with E-state index in [9.17, 15) is 4.39 Å². The van der Waals surface area contributed by atoms with Crippen molar-refractivity contribution in [3.05, 3.63) is 17.8 Å². The molecule has 5 heteroatoms. The Labute approximate surface area is 120 Å². The van der Waals surface area contributed by atoms with Crippen LogP contribution in [0, 0.1) is 11.7 Å². The summed E-state index contributed by atoms with van der Waals surface area (Å²) in [5.74, 6) is 0.947. The van der Waals surface area contributed by atoms with E-state index in [0.717, 1.165) is 39.0 Å². The monoisotopic (exact) mass is 280 g/mol. The van der Waals surface area contributed by atoms with E-state index in [2.05, 4.69) is 27.1 Å². The molecule has 1 saturated heterocycles. The smallest absolute Gasteiger partial charge is 0.187 e. The van der Waals surface area contributed by atoms with Gasteiger partial charge in [-0.25, -0.2) is 14.4 Å². The molecule has 2 rings (SSSR count). The second-order valence-electron chi connectivity index (χ2n) is 5.45. The van der Waals surface area contributed by atoms with Gasteiger partial charge in [-0.2, -0.15) is 0 Å². The van der Waals surface area contributed by atoms with Gasteiger partial charge in [-0.3, -0.25) is 0 Å². The Kier molecular flexibility index (Phi) is 5.71. The van der Waals surface area contributed by atoms with E-state index in [-0.39, 0.29) is 5.82 Å². The number of anilines is 1. The molecule has 1 N–H and O–H groups in total. The molecule has 1 aromatic heterocycles. The van der Waals surface area contributed by atoms with Crippen LogP contribution in [-0.2, 0) is 6.42 Å². The molecule has 0 atom stereocenters. The van der Waals surface area contributed by atoms with Gasteiger partial charge in [0.05, 0.1) is 5.69 Å². The SMILES string of the molecule is CCCNCC1CCN(c2ncnc(CC)c2F)CC1. The summed E-state index contributed by atoms with van der Waals surface area (Å²) in [5, 5.41) is 3.47. The van der Waals surface area contributed by atoms with Crippen molar-refractivity contribution in [3.63, 3.8) is 0 Å². The minimum Gasteiger partial charge on any atom is -0.354 e. The predicted octanol–water partition coefficient (Wildman–Crippen LogP) is 2.39. The first-order valence-electron chi connectivity index (χ1n) is 7.71. The number of aryl methyl sites for hydroxylation is 1. The molecule has 4 nitrogen and oxygen atoms in total. The van der Waals surface area contributed by atoms with Gasteiger partial charge >= 0.3 is 0 Å². The standard InChI is InChI=1S/C15H25FN4/c1-3-7-17-10-12-5-8-20(9-6-12)15-14(16)13(4-2)18-11-19-15/h11-12,17H,3-10H2,1-2H3.